The van der Waals surface area contributed by atoms with Crippen LogP contribution < -0.4 is 0 Å². The van der Waals surface area contributed by atoms with E-state index in [9.17, 15) is 0 Å². The Kier molecular flexibility index (Phi) is 4.02. The molecule has 7 rings (SSSR count). The summed E-state index contributed by atoms with van der Waals surface area (Å²) in [6.45, 7) is 0. The minimum atomic E-state index is 0.913. The number of halogens is 1. The molecule has 0 unspecified atom stereocenters. The molecular weight excluding hydrogens is 470 g/mol. The third-order valence-corrected chi connectivity index (χ3v) is 6.94. The number of furan rings is 1. The maximum Gasteiger partial charge on any atom is 0.135 e. The molecule has 0 aliphatic carbocycles. The van der Waals surface area contributed by atoms with Crippen LogP contribution >= 0.6 is 15.9 Å². The standard InChI is InChI=1S/C30H18BrNO/c31-21-7-5-6-19(16-21)20-12-14-24-23-8-1-3-10-27(23)32(28(24)17-20)22-13-15-30-26(18-22)25-9-2-4-11-29(25)33-30/h1-18H. The second-order valence-corrected chi connectivity index (χ2v) is 9.29. The lowest BCUT2D eigenvalue weighted by Crippen LogP contribution is -1.93. The van der Waals surface area contributed by atoms with E-state index < -0.39 is 0 Å². The molecule has 0 saturated heterocycles. The Bertz CT molecular complexity index is 1840. The van der Waals surface area contributed by atoms with Crippen LogP contribution in [0.3, 0.4) is 0 Å². The van der Waals surface area contributed by atoms with Crippen molar-refractivity contribution in [3.8, 4) is 16.8 Å². The predicted molar refractivity (Wildman–Crippen MR) is 141 cm³/mol. The van der Waals surface area contributed by atoms with Gasteiger partial charge in [-0.05, 0) is 59.7 Å². The number of nitrogens with zero attached hydrogens (tertiary/aromatic N) is 1. The van der Waals surface area contributed by atoms with Gasteiger partial charge in [0.25, 0.3) is 0 Å². The van der Waals surface area contributed by atoms with Crippen molar-refractivity contribution in [3.63, 3.8) is 0 Å². The molecule has 0 bridgehead atoms. The van der Waals surface area contributed by atoms with E-state index in [0.717, 1.165) is 32.1 Å². The summed E-state index contributed by atoms with van der Waals surface area (Å²) in [5.74, 6) is 0. The molecule has 0 radical (unpaired) electrons. The zero-order valence-corrected chi connectivity index (χ0v) is 19.2. The Balaban J connectivity index is 1.55. The van der Waals surface area contributed by atoms with Crippen LogP contribution in [0.2, 0.25) is 0 Å². The van der Waals surface area contributed by atoms with Gasteiger partial charge in [0.05, 0.1) is 11.0 Å². The molecule has 156 valence electrons. The van der Waals surface area contributed by atoms with Gasteiger partial charge in [-0.15, -0.1) is 0 Å². The lowest BCUT2D eigenvalue weighted by Gasteiger charge is -2.09. The van der Waals surface area contributed by atoms with E-state index in [-0.39, 0.29) is 0 Å². The third kappa shape index (κ3) is 2.86. The SMILES string of the molecule is Brc1cccc(-c2ccc3c4ccccc4n(-c4ccc5oc6ccccc6c5c4)c3c2)c1. The summed E-state index contributed by atoms with van der Waals surface area (Å²) in [5, 5.41) is 4.79. The Labute approximate surface area is 198 Å². The van der Waals surface area contributed by atoms with Gasteiger partial charge in [-0.1, -0.05) is 76.6 Å². The van der Waals surface area contributed by atoms with Crippen molar-refractivity contribution in [3.05, 3.63) is 114 Å². The maximum atomic E-state index is 6.07. The molecule has 0 N–H and O–H groups in total. The topological polar surface area (TPSA) is 18.1 Å². The van der Waals surface area contributed by atoms with E-state index in [1.165, 1.54) is 32.9 Å². The summed E-state index contributed by atoms with van der Waals surface area (Å²) < 4.78 is 9.52. The lowest BCUT2D eigenvalue weighted by molar-refractivity contribution is 0.669. The molecule has 0 saturated carbocycles. The smallest absolute Gasteiger partial charge is 0.135 e. The second-order valence-electron chi connectivity index (χ2n) is 8.37. The van der Waals surface area contributed by atoms with Crippen LogP contribution in [-0.4, -0.2) is 4.57 Å². The van der Waals surface area contributed by atoms with Crippen molar-refractivity contribution in [2.75, 3.05) is 0 Å². The van der Waals surface area contributed by atoms with Gasteiger partial charge in [0.1, 0.15) is 11.2 Å². The summed E-state index contributed by atoms with van der Waals surface area (Å²) in [5.41, 5.74) is 7.75. The first-order valence-corrected chi connectivity index (χ1v) is 11.8. The van der Waals surface area contributed by atoms with Crippen LogP contribution in [0.25, 0.3) is 60.6 Å². The van der Waals surface area contributed by atoms with Crippen molar-refractivity contribution in [1.29, 1.82) is 0 Å². The molecule has 33 heavy (non-hydrogen) atoms. The number of hydrogen-bond donors (Lipinski definition) is 0. The van der Waals surface area contributed by atoms with Crippen molar-refractivity contribution < 1.29 is 4.42 Å². The Morgan fingerprint density at radius 3 is 2.18 bits per heavy atom. The number of rotatable bonds is 2. The summed E-state index contributed by atoms with van der Waals surface area (Å²) in [6.07, 6.45) is 0. The molecule has 0 amide bonds. The van der Waals surface area contributed by atoms with Gasteiger partial charge in [-0.25, -0.2) is 0 Å². The Morgan fingerprint density at radius 1 is 0.515 bits per heavy atom. The minimum absolute atomic E-state index is 0.913. The zero-order chi connectivity index (χ0) is 21.9. The number of para-hydroxylation sites is 2. The molecular formula is C30H18BrNO. The monoisotopic (exact) mass is 487 g/mol. The normalized spacial score (nSPS) is 11.8. The highest BCUT2D eigenvalue weighted by Gasteiger charge is 2.15. The average molecular weight is 488 g/mol. The molecule has 7 aromatic rings. The fourth-order valence-corrected chi connectivity index (χ4v) is 5.35. The molecule has 3 heteroatoms. The summed E-state index contributed by atoms with van der Waals surface area (Å²) in [4.78, 5) is 0. The number of aromatic nitrogens is 1. The zero-order valence-electron chi connectivity index (χ0n) is 17.6. The van der Waals surface area contributed by atoms with Crippen LogP contribution in [0, 0.1) is 0 Å². The Morgan fingerprint density at radius 2 is 1.27 bits per heavy atom. The number of benzene rings is 5. The van der Waals surface area contributed by atoms with Gasteiger partial charge in [0, 0.05) is 31.7 Å². The summed E-state index contributed by atoms with van der Waals surface area (Å²) in [6, 6.07) is 38.6. The highest BCUT2D eigenvalue weighted by Crippen LogP contribution is 2.37. The largest absolute Gasteiger partial charge is 0.456 e. The van der Waals surface area contributed by atoms with E-state index in [1.807, 2.05) is 12.1 Å². The highest BCUT2D eigenvalue weighted by atomic mass is 79.9. The molecule has 0 aliphatic rings. The molecule has 0 fully saturated rings. The number of hydrogen-bond acceptors (Lipinski definition) is 1. The van der Waals surface area contributed by atoms with Crippen molar-refractivity contribution in [2.24, 2.45) is 0 Å². The van der Waals surface area contributed by atoms with Gasteiger partial charge in [-0.2, -0.15) is 0 Å². The molecule has 2 heterocycles. The molecule has 2 aromatic heterocycles. The third-order valence-electron chi connectivity index (χ3n) is 6.45. The Hall–Kier alpha value is -3.82. The van der Waals surface area contributed by atoms with Crippen molar-refractivity contribution in [1.82, 2.24) is 4.57 Å². The van der Waals surface area contributed by atoms with Gasteiger partial charge in [0.2, 0.25) is 0 Å². The van der Waals surface area contributed by atoms with E-state index in [1.54, 1.807) is 0 Å². The van der Waals surface area contributed by atoms with Crippen molar-refractivity contribution in [2.45, 2.75) is 0 Å². The van der Waals surface area contributed by atoms with E-state index in [4.69, 9.17) is 4.42 Å². The molecule has 0 spiro atoms. The summed E-state index contributed by atoms with van der Waals surface area (Å²) >= 11 is 3.61. The molecule has 5 aromatic carbocycles. The van der Waals surface area contributed by atoms with Gasteiger partial charge in [-0.3, -0.25) is 0 Å². The fourth-order valence-electron chi connectivity index (χ4n) is 4.95. The highest BCUT2D eigenvalue weighted by molar-refractivity contribution is 9.10. The van der Waals surface area contributed by atoms with Gasteiger partial charge < -0.3 is 8.98 Å². The van der Waals surface area contributed by atoms with Crippen LogP contribution in [0.5, 0.6) is 0 Å². The number of fused-ring (bicyclic) bond motifs is 6. The molecule has 0 aliphatic heterocycles. The fraction of sp³-hybridized carbons (Fsp3) is 0. The van der Waals surface area contributed by atoms with Crippen LogP contribution in [0.15, 0.2) is 118 Å². The first kappa shape index (κ1) is 18.7. The quantitative estimate of drug-likeness (QED) is 0.237. The van der Waals surface area contributed by atoms with Crippen LogP contribution in [-0.2, 0) is 0 Å². The minimum Gasteiger partial charge on any atom is -0.456 e. The van der Waals surface area contributed by atoms with Crippen molar-refractivity contribution >= 4 is 59.7 Å². The lowest BCUT2D eigenvalue weighted by atomic mass is 10.0. The van der Waals surface area contributed by atoms with Crippen LogP contribution in [0.1, 0.15) is 0 Å². The van der Waals surface area contributed by atoms with Gasteiger partial charge in [0.15, 0.2) is 0 Å². The molecule has 2 nitrogen and oxygen atoms in total. The maximum absolute atomic E-state index is 6.07. The second kappa shape index (κ2) is 7.09. The average Bonchev–Trinajstić information content (AvgIpc) is 3.39. The van der Waals surface area contributed by atoms with Gasteiger partial charge >= 0.3 is 0 Å². The van der Waals surface area contributed by atoms with E-state index in [0.29, 0.717) is 0 Å². The first-order valence-electron chi connectivity index (χ1n) is 11.0. The van der Waals surface area contributed by atoms with E-state index in [2.05, 4.69) is 118 Å². The molecule has 0 atom stereocenters. The summed E-state index contributed by atoms with van der Waals surface area (Å²) in [7, 11) is 0. The van der Waals surface area contributed by atoms with Crippen LogP contribution in [0.4, 0.5) is 0 Å². The predicted octanol–water partition coefficient (Wildman–Crippen LogP) is 9.11. The van der Waals surface area contributed by atoms with E-state index >= 15 is 0 Å². The first-order chi connectivity index (χ1) is 16.3.